The third-order valence-corrected chi connectivity index (χ3v) is 2.47. The summed E-state index contributed by atoms with van der Waals surface area (Å²) in [6.45, 7) is 4.54. The van der Waals surface area contributed by atoms with E-state index < -0.39 is 0 Å². The lowest BCUT2D eigenvalue weighted by atomic mass is 9.82. The molecule has 1 aromatic rings. The molecule has 0 saturated heterocycles. The second-order valence-electron chi connectivity index (χ2n) is 3.66. The van der Waals surface area contributed by atoms with Crippen molar-refractivity contribution in [2.24, 2.45) is 5.41 Å². The molecule has 0 spiro atoms. The molecule has 1 N–H and O–H groups in total. The van der Waals surface area contributed by atoms with E-state index in [4.69, 9.17) is 0 Å². The van der Waals surface area contributed by atoms with Crippen molar-refractivity contribution in [1.82, 2.24) is 15.4 Å². The highest BCUT2D eigenvalue weighted by molar-refractivity contribution is 5.14. The molecule has 0 bridgehead atoms. The van der Waals surface area contributed by atoms with Gasteiger partial charge in [0.2, 0.25) is 0 Å². The molecular formula is C11H17N3. The molecule has 3 nitrogen and oxygen atoms in total. The maximum atomic E-state index is 3.42. The first-order valence-electron chi connectivity index (χ1n) is 4.91. The third-order valence-electron chi connectivity index (χ3n) is 2.47. The Morgan fingerprint density at radius 2 is 2.29 bits per heavy atom. The lowest BCUT2D eigenvalue weighted by Crippen LogP contribution is -2.11. The van der Waals surface area contributed by atoms with Crippen LogP contribution in [0.25, 0.3) is 0 Å². The standard InChI is InChI=1S/C9H14.C2H3N3/c1-3-9(2)7-5-4-6-8-9;1-2-4-5-3-1/h4-7H,3,8H2,1-2H3;1-2H,(H,3,4,5). The fourth-order valence-electron chi connectivity index (χ4n) is 1.20. The van der Waals surface area contributed by atoms with Crippen LogP contribution in [-0.4, -0.2) is 15.4 Å². The Morgan fingerprint density at radius 1 is 1.43 bits per heavy atom. The highest BCUT2D eigenvalue weighted by Crippen LogP contribution is 2.29. The Kier molecular flexibility index (Phi) is 4.11. The largest absolute Gasteiger partial charge is 0.266 e. The van der Waals surface area contributed by atoms with Crippen LogP contribution in [-0.2, 0) is 0 Å². The van der Waals surface area contributed by atoms with E-state index in [-0.39, 0.29) is 0 Å². The van der Waals surface area contributed by atoms with E-state index in [2.05, 4.69) is 53.6 Å². The van der Waals surface area contributed by atoms with Crippen molar-refractivity contribution < 1.29 is 0 Å². The topological polar surface area (TPSA) is 41.6 Å². The molecule has 1 unspecified atom stereocenters. The van der Waals surface area contributed by atoms with Gasteiger partial charge in [0.1, 0.15) is 0 Å². The molecule has 0 saturated carbocycles. The Labute approximate surface area is 84.9 Å². The fourth-order valence-corrected chi connectivity index (χ4v) is 1.20. The molecule has 1 heterocycles. The molecule has 1 aliphatic rings. The minimum atomic E-state index is 0.453. The minimum Gasteiger partial charge on any atom is -0.266 e. The summed E-state index contributed by atoms with van der Waals surface area (Å²) in [7, 11) is 0. The van der Waals surface area contributed by atoms with Crippen LogP contribution in [0.4, 0.5) is 0 Å². The number of nitrogens with zero attached hydrogens (tertiary/aromatic N) is 2. The molecule has 0 amide bonds. The first kappa shape index (κ1) is 10.7. The van der Waals surface area contributed by atoms with Gasteiger partial charge in [0, 0.05) is 6.20 Å². The van der Waals surface area contributed by atoms with Gasteiger partial charge < -0.3 is 0 Å². The van der Waals surface area contributed by atoms with Gasteiger partial charge in [0.15, 0.2) is 0 Å². The molecule has 76 valence electrons. The number of rotatable bonds is 1. The summed E-state index contributed by atoms with van der Waals surface area (Å²) in [4.78, 5) is 0. The average molecular weight is 191 g/mol. The zero-order valence-corrected chi connectivity index (χ0v) is 8.77. The molecule has 2 rings (SSSR count). The lowest BCUT2D eigenvalue weighted by Gasteiger charge is -2.23. The van der Waals surface area contributed by atoms with E-state index in [0.717, 1.165) is 0 Å². The van der Waals surface area contributed by atoms with Crippen LogP contribution >= 0.6 is 0 Å². The van der Waals surface area contributed by atoms with Gasteiger partial charge in [-0.1, -0.05) is 43.4 Å². The SMILES string of the molecule is CCC1(C)C=CC=CC1.c1c[nH]nn1. The zero-order chi connectivity index (χ0) is 10.3. The van der Waals surface area contributed by atoms with E-state index in [0.29, 0.717) is 5.41 Å². The fraction of sp³-hybridized carbons (Fsp3) is 0.455. The predicted octanol–water partition coefficient (Wildman–Crippen LogP) is 2.72. The molecular weight excluding hydrogens is 174 g/mol. The van der Waals surface area contributed by atoms with E-state index >= 15 is 0 Å². The summed E-state index contributed by atoms with van der Waals surface area (Å²) in [6.07, 6.45) is 14.5. The van der Waals surface area contributed by atoms with E-state index in [1.54, 1.807) is 12.4 Å². The Morgan fingerprint density at radius 3 is 2.57 bits per heavy atom. The van der Waals surface area contributed by atoms with Crippen LogP contribution in [0.5, 0.6) is 0 Å². The van der Waals surface area contributed by atoms with E-state index in [9.17, 15) is 0 Å². The summed E-state index contributed by atoms with van der Waals surface area (Å²) in [5.74, 6) is 0. The smallest absolute Gasteiger partial charge is 0.0690 e. The molecule has 1 atom stereocenters. The third kappa shape index (κ3) is 3.56. The summed E-state index contributed by atoms with van der Waals surface area (Å²) in [6, 6.07) is 0. The number of allylic oxidation sites excluding steroid dienone is 4. The van der Waals surface area contributed by atoms with Crippen LogP contribution in [0, 0.1) is 5.41 Å². The monoisotopic (exact) mass is 191 g/mol. The second kappa shape index (κ2) is 5.37. The molecule has 1 aliphatic carbocycles. The van der Waals surface area contributed by atoms with Crippen LogP contribution in [0.3, 0.4) is 0 Å². The predicted molar refractivity (Wildman–Crippen MR) is 57.7 cm³/mol. The van der Waals surface area contributed by atoms with Gasteiger partial charge in [-0.05, 0) is 18.3 Å². The lowest BCUT2D eigenvalue weighted by molar-refractivity contribution is 0.413. The quantitative estimate of drug-likeness (QED) is 0.741. The highest BCUT2D eigenvalue weighted by Gasteiger charge is 2.16. The zero-order valence-electron chi connectivity index (χ0n) is 8.77. The number of H-pyrrole nitrogens is 1. The molecule has 0 aromatic carbocycles. The average Bonchev–Trinajstić information content (AvgIpc) is 2.77. The van der Waals surface area contributed by atoms with E-state index in [1.165, 1.54) is 12.8 Å². The molecule has 0 aliphatic heterocycles. The molecule has 3 heteroatoms. The van der Waals surface area contributed by atoms with Crippen LogP contribution in [0.1, 0.15) is 26.7 Å². The van der Waals surface area contributed by atoms with Gasteiger partial charge in [-0.2, -0.15) is 0 Å². The van der Waals surface area contributed by atoms with Crippen molar-refractivity contribution >= 4 is 0 Å². The van der Waals surface area contributed by atoms with Crippen molar-refractivity contribution in [1.29, 1.82) is 0 Å². The maximum Gasteiger partial charge on any atom is 0.0690 e. The number of hydrogen-bond donors (Lipinski definition) is 1. The number of aromatic amines is 1. The second-order valence-corrected chi connectivity index (χ2v) is 3.66. The summed E-state index contributed by atoms with van der Waals surface area (Å²) < 4.78 is 0. The summed E-state index contributed by atoms with van der Waals surface area (Å²) >= 11 is 0. The molecule has 1 aromatic heterocycles. The van der Waals surface area contributed by atoms with Crippen LogP contribution in [0.2, 0.25) is 0 Å². The molecule has 14 heavy (non-hydrogen) atoms. The minimum absolute atomic E-state index is 0.453. The van der Waals surface area contributed by atoms with Gasteiger partial charge in [-0.3, -0.25) is 5.10 Å². The highest BCUT2D eigenvalue weighted by atomic mass is 15.3. The van der Waals surface area contributed by atoms with Crippen molar-refractivity contribution in [2.45, 2.75) is 26.7 Å². The van der Waals surface area contributed by atoms with Crippen molar-refractivity contribution in [3.05, 3.63) is 36.7 Å². The van der Waals surface area contributed by atoms with Crippen molar-refractivity contribution in [3.63, 3.8) is 0 Å². The number of hydrogen-bond acceptors (Lipinski definition) is 2. The normalized spacial score (nSPS) is 24.1. The van der Waals surface area contributed by atoms with Gasteiger partial charge in [-0.25, -0.2) is 0 Å². The summed E-state index contributed by atoms with van der Waals surface area (Å²) in [5, 5.41) is 9.26. The van der Waals surface area contributed by atoms with Gasteiger partial charge in [0.05, 0.1) is 6.20 Å². The Balaban J connectivity index is 0.000000165. The van der Waals surface area contributed by atoms with Gasteiger partial charge >= 0.3 is 0 Å². The Hall–Kier alpha value is -1.38. The maximum absolute atomic E-state index is 3.42. The van der Waals surface area contributed by atoms with Gasteiger partial charge in [0.25, 0.3) is 0 Å². The van der Waals surface area contributed by atoms with Crippen molar-refractivity contribution in [3.8, 4) is 0 Å². The first-order valence-corrected chi connectivity index (χ1v) is 4.91. The summed E-state index contributed by atoms with van der Waals surface area (Å²) in [5.41, 5.74) is 0.453. The molecule has 0 radical (unpaired) electrons. The van der Waals surface area contributed by atoms with Crippen LogP contribution in [0.15, 0.2) is 36.7 Å². The molecule has 0 fully saturated rings. The van der Waals surface area contributed by atoms with E-state index in [1.807, 2.05) is 0 Å². The van der Waals surface area contributed by atoms with Crippen LogP contribution < -0.4 is 0 Å². The first-order chi connectivity index (χ1) is 6.77. The Bertz CT molecular complexity index is 270. The number of aromatic nitrogens is 3. The number of nitrogens with one attached hydrogen (secondary N) is 1. The van der Waals surface area contributed by atoms with Crippen molar-refractivity contribution in [2.75, 3.05) is 0 Å². The van der Waals surface area contributed by atoms with Gasteiger partial charge in [-0.15, -0.1) is 5.10 Å².